The van der Waals surface area contributed by atoms with Crippen molar-refractivity contribution in [2.45, 2.75) is 0 Å². The number of fused-ring (bicyclic) bond motifs is 1. The summed E-state index contributed by atoms with van der Waals surface area (Å²) in [5.74, 6) is 1.06. The normalized spacial score (nSPS) is 14.4. The molecule has 0 spiro atoms. The molecule has 0 saturated carbocycles. The zero-order valence-corrected chi connectivity index (χ0v) is 18.4. The highest BCUT2D eigenvalue weighted by Crippen LogP contribution is 2.36. The van der Waals surface area contributed by atoms with Gasteiger partial charge in [-0.3, -0.25) is 4.79 Å². The fourth-order valence-corrected chi connectivity index (χ4v) is 5.03. The number of nitriles is 1. The van der Waals surface area contributed by atoms with Gasteiger partial charge in [-0.1, -0.05) is 29.8 Å². The molecule has 0 atom stereocenters. The number of carbonyl (C=O) groups is 1. The number of furan rings is 1. The molecular formula is C23H17ClN4O3S. The number of hydrogen-bond acceptors (Lipinski definition) is 7. The Hall–Kier alpha value is -3.54. The van der Waals surface area contributed by atoms with E-state index in [0.29, 0.717) is 42.8 Å². The first-order chi connectivity index (χ1) is 15.6. The molecular weight excluding hydrogens is 448 g/mol. The van der Waals surface area contributed by atoms with Gasteiger partial charge < -0.3 is 18.6 Å². The van der Waals surface area contributed by atoms with E-state index >= 15 is 0 Å². The van der Waals surface area contributed by atoms with Gasteiger partial charge >= 0.3 is 0 Å². The zero-order valence-electron chi connectivity index (χ0n) is 16.8. The van der Waals surface area contributed by atoms with Crippen LogP contribution in [0, 0.1) is 11.3 Å². The highest BCUT2D eigenvalue weighted by Gasteiger charge is 2.26. The van der Waals surface area contributed by atoms with Crippen LogP contribution in [0.15, 0.2) is 57.6 Å². The number of aromatic nitrogens is 1. The lowest BCUT2D eigenvalue weighted by Gasteiger charge is -2.33. The number of halogens is 1. The molecule has 0 N–H and O–H groups in total. The van der Waals surface area contributed by atoms with Crippen LogP contribution in [-0.2, 0) is 4.79 Å². The van der Waals surface area contributed by atoms with Crippen molar-refractivity contribution in [2.24, 2.45) is 0 Å². The second-order valence-corrected chi connectivity index (χ2v) is 8.65. The lowest BCUT2D eigenvalue weighted by Crippen LogP contribution is -2.48. The van der Waals surface area contributed by atoms with Gasteiger partial charge in [0.1, 0.15) is 6.07 Å². The van der Waals surface area contributed by atoms with E-state index < -0.39 is 0 Å². The molecule has 1 fully saturated rings. The Morgan fingerprint density at radius 3 is 2.72 bits per heavy atom. The standard InChI is InChI=1S/C23H17ClN4O3S/c24-21-15-4-1-2-6-18(15)32-19(21)7-8-20(29)27-9-11-28(12-10-27)23-16(14-25)26-22(31-23)17-5-3-13-30-17/h1-8,13H,9-12H2/b8-7+. The molecule has 0 unspecified atom stereocenters. The molecule has 1 saturated heterocycles. The topological polar surface area (TPSA) is 86.5 Å². The summed E-state index contributed by atoms with van der Waals surface area (Å²) in [5, 5.41) is 11.1. The van der Waals surface area contributed by atoms with Crippen molar-refractivity contribution in [1.29, 1.82) is 5.26 Å². The second-order valence-electron chi connectivity index (χ2n) is 7.18. The molecule has 1 amide bonds. The lowest BCUT2D eigenvalue weighted by molar-refractivity contribution is -0.126. The van der Waals surface area contributed by atoms with Crippen LogP contribution < -0.4 is 4.90 Å². The first-order valence-electron chi connectivity index (χ1n) is 9.98. The van der Waals surface area contributed by atoms with Crippen molar-refractivity contribution in [3.63, 3.8) is 0 Å². The van der Waals surface area contributed by atoms with Crippen LogP contribution in [-0.4, -0.2) is 42.0 Å². The Balaban J connectivity index is 1.26. The van der Waals surface area contributed by atoms with Crippen LogP contribution in [0.25, 0.3) is 27.8 Å². The van der Waals surface area contributed by atoms with Crippen molar-refractivity contribution >= 4 is 50.9 Å². The van der Waals surface area contributed by atoms with Gasteiger partial charge in [0, 0.05) is 47.2 Å². The van der Waals surface area contributed by atoms with Crippen LogP contribution in [0.2, 0.25) is 5.02 Å². The number of amides is 1. The molecule has 1 aromatic carbocycles. The molecule has 0 radical (unpaired) electrons. The smallest absolute Gasteiger partial charge is 0.266 e. The first kappa shape index (κ1) is 20.4. The number of rotatable bonds is 4. The molecule has 4 aromatic rings. The predicted octanol–water partition coefficient (Wildman–Crippen LogP) is 5.04. The van der Waals surface area contributed by atoms with Crippen molar-refractivity contribution in [3.8, 4) is 17.7 Å². The molecule has 0 aliphatic carbocycles. The van der Waals surface area contributed by atoms with Gasteiger partial charge in [-0.15, -0.1) is 11.3 Å². The molecule has 0 bridgehead atoms. The summed E-state index contributed by atoms with van der Waals surface area (Å²) in [4.78, 5) is 21.5. The van der Waals surface area contributed by atoms with Gasteiger partial charge in [0.25, 0.3) is 5.89 Å². The summed E-state index contributed by atoms with van der Waals surface area (Å²) in [7, 11) is 0. The van der Waals surface area contributed by atoms with Crippen LogP contribution in [0.1, 0.15) is 10.6 Å². The third kappa shape index (κ3) is 3.77. The molecule has 32 heavy (non-hydrogen) atoms. The highest BCUT2D eigenvalue weighted by atomic mass is 35.5. The van der Waals surface area contributed by atoms with Gasteiger partial charge in [0.15, 0.2) is 5.76 Å². The van der Waals surface area contributed by atoms with Crippen LogP contribution in [0.4, 0.5) is 5.88 Å². The number of thiophene rings is 1. The van der Waals surface area contributed by atoms with Crippen LogP contribution in [0.3, 0.4) is 0 Å². The van der Waals surface area contributed by atoms with E-state index in [-0.39, 0.29) is 17.5 Å². The lowest BCUT2D eigenvalue weighted by atomic mass is 10.2. The minimum atomic E-state index is -0.0764. The summed E-state index contributed by atoms with van der Waals surface area (Å²) in [6.07, 6.45) is 4.87. The van der Waals surface area contributed by atoms with Gasteiger partial charge in [-0.2, -0.15) is 10.2 Å². The number of piperazine rings is 1. The predicted molar refractivity (Wildman–Crippen MR) is 124 cm³/mol. The molecule has 1 aliphatic rings. The van der Waals surface area contributed by atoms with E-state index in [2.05, 4.69) is 11.1 Å². The monoisotopic (exact) mass is 464 g/mol. The third-order valence-electron chi connectivity index (χ3n) is 5.26. The maximum absolute atomic E-state index is 12.7. The van der Waals surface area contributed by atoms with Crippen LogP contribution in [0.5, 0.6) is 0 Å². The largest absolute Gasteiger partial charge is 0.459 e. The summed E-state index contributed by atoms with van der Waals surface area (Å²) in [6.45, 7) is 2.07. The number of nitrogens with zero attached hydrogens (tertiary/aromatic N) is 4. The SMILES string of the molecule is N#Cc1nc(-c2ccco2)oc1N1CCN(C(=O)/C=C/c2sc3ccccc3c2Cl)CC1. The molecule has 5 rings (SSSR count). The Labute approximate surface area is 192 Å². The summed E-state index contributed by atoms with van der Waals surface area (Å²) < 4.78 is 12.2. The first-order valence-corrected chi connectivity index (χ1v) is 11.2. The van der Waals surface area contributed by atoms with Gasteiger partial charge in [-0.25, -0.2) is 0 Å². The number of carbonyl (C=O) groups excluding carboxylic acids is 1. The quantitative estimate of drug-likeness (QED) is 0.393. The van der Waals surface area contributed by atoms with E-state index in [1.165, 1.54) is 6.26 Å². The molecule has 9 heteroatoms. The minimum Gasteiger partial charge on any atom is -0.459 e. The van der Waals surface area contributed by atoms with E-state index in [9.17, 15) is 10.1 Å². The fraction of sp³-hybridized carbons (Fsp3) is 0.174. The third-order valence-corrected chi connectivity index (χ3v) is 6.92. The average molecular weight is 465 g/mol. The van der Waals surface area contributed by atoms with Gasteiger partial charge in [0.2, 0.25) is 17.5 Å². The fourth-order valence-electron chi connectivity index (χ4n) is 3.63. The summed E-state index contributed by atoms with van der Waals surface area (Å²) in [6, 6.07) is 13.4. The van der Waals surface area contributed by atoms with Crippen molar-refractivity contribution in [1.82, 2.24) is 9.88 Å². The molecule has 1 aliphatic heterocycles. The summed E-state index contributed by atoms with van der Waals surface area (Å²) >= 11 is 8.02. The number of benzene rings is 1. The van der Waals surface area contributed by atoms with Gasteiger partial charge in [-0.05, 0) is 24.3 Å². The molecule has 7 nitrogen and oxygen atoms in total. The summed E-state index contributed by atoms with van der Waals surface area (Å²) in [5.41, 5.74) is 0.204. The van der Waals surface area contributed by atoms with Crippen molar-refractivity contribution < 1.29 is 13.6 Å². The molecule has 3 aromatic heterocycles. The number of anilines is 1. The maximum atomic E-state index is 12.7. The van der Waals surface area contributed by atoms with E-state index in [1.54, 1.807) is 40.5 Å². The number of oxazole rings is 1. The molecule has 160 valence electrons. The average Bonchev–Trinajstić information content (AvgIpc) is 3.57. The Morgan fingerprint density at radius 1 is 1.19 bits per heavy atom. The Morgan fingerprint density at radius 2 is 2.00 bits per heavy atom. The van der Waals surface area contributed by atoms with E-state index in [0.717, 1.165) is 15.0 Å². The van der Waals surface area contributed by atoms with E-state index in [4.69, 9.17) is 20.4 Å². The van der Waals surface area contributed by atoms with Gasteiger partial charge in [0.05, 0.1) is 11.3 Å². The zero-order chi connectivity index (χ0) is 22.1. The number of hydrogen-bond donors (Lipinski definition) is 0. The van der Waals surface area contributed by atoms with Crippen LogP contribution >= 0.6 is 22.9 Å². The highest BCUT2D eigenvalue weighted by molar-refractivity contribution is 7.20. The Kier molecular flexibility index (Phi) is 5.43. The Bertz CT molecular complexity index is 1340. The molecule has 4 heterocycles. The van der Waals surface area contributed by atoms with Crippen molar-refractivity contribution in [2.75, 3.05) is 31.1 Å². The van der Waals surface area contributed by atoms with Crippen molar-refractivity contribution in [3.05, 3.63) is 64.3 Å². The van der Waals surface area contributed by atoms with E-state index in [1.807, 2.05) is 29.2 Å². The second kappa shape index (κ2) is 8.54. The maximum Gasteiger partial charge on any atom is 0.266 e. The minimum absolute atomic E-state index is 0.0764.